The number of Topliss-reactive ketones (excluding diaryl/α,β-unsaturated/α-hetero) is 1. The highest BCUT2D eigenvalue weighted by atomic mass is 16.5. The van der Waals surface area contributed by atoms with Crippen LogP contribution in [0.15, 0.2) is 48.4 Å². The van der Waals surface area contributed by atoms with Gasteiger partial charge in [-0.3, -0.25) is 9.69 Å². The number of ether oxygens (including phenoxy) is 1. The van der Waals surface area contributed by atoms with Gasteiger partial charge in [-0.15, -0.1) is 0 Å². The minimum Gasteiger partial charge on any atom is -0.507 e. The Morgan fingerprint density at radius 2 is 2.03 bits per heavy atom. The van der Waals surface area contributed by atoms with Crippen molar-refractivity contribution >= 4 is 22.8 Å². The maximum absolute atomic E-state index is 13.1. The van der Waals surface area contributed by atoms with E-state index in [0.717, 1.165) is 35.9 Å². The first kappa shape index (κ1) is 18.9. The summed E-state index contributed by atoms with van der Waals surface area (Å²) < 4.78 is 8.13. The van der Waals surface area contributed by atoms with Crippen LogP contribution in [0.1, 0.15) is 47.7 Å². The van der Waals surface area contributed by atoms with Crippen molar-refractivity contribution in [2.45, 2.75) is 38.8 Å². The van der Waals surface area contributed by atoms with E-state index in [0.29, 0.717) is 35.2 Å². The number of benzene rings is 2. The molecular weight excluding hydrogens is 376 g/mol. The number of allylic oxidation sites excluding steroid dienone is 1. The SMILES string of the molecule is C[C@H]1CCCCN1Cc1c(O)ccc2c1OC(=Cc1cn(C)c3ccccc13)C2=O. The molecule has 154 valence electrons. The van der Waals surface area contributed by atoms with Crippen LogP contribution in [-0.2, 0) is 13.6 Å². The van der Waals surface area contributed by atoms with Gasteiger partial charge >= 0.3 is 0 Å². The first-order valence-corrected chi connectivity index (χ1v) is 10.6. The third-order valence-electron chi connectivity index (χ3n) is 6.43. The number of carbonyl (C=O) groups excluding carboxylic acids is 1. The molecule has 2 aromatic carbocycles. The molecule has 2 aliphatic rings. The summed E-state index contributed by atoms with van der Waals surface area (Å²) in [4.78, 5) is 15.4. The molecule has 30 heavy (non-hydrogen) atoms. The summed E-state index contributed by atoms with van der Waals surface area (Å²) in [5.41, 5.74) is 3.28. The van der Waals surface area contributed by atoms with Gasteiger partial charge in [-0.1, -0.05) is 24.6 Å². The molecule has 5 rings (SSSR count). The molecule has 0 spiro atoms. The number of phenols is 1. The molecule has 3 heterocycles. The molecule has 0 radical (unpaired) electrons. The molecule has 0 aliphatic carbocycles. The largest absolute Gasteiger partial charge is 0.507 e. The zero-order valence-corrected chi connectivity index (χ0v) is 17.4. The number of hydrogen-bond donors (Lipinski definition) is 1. The van der Waals surface area contributed by atoms with E-state index in [9.17, 15) is 9.90 Å². The van der Waals surface area contributed by atoms with Gasteiger partial charge in [0.25, 0.3) is 0 Å². The number of fused-ring (bicyclic) bond motifs is 2. The van der Waals surface area contributed by atoms with Crippen molar-refractivity contribution in [1.29, 1.82) is 0 Å². The fourth-order valence-corrected chi connectivity index (χ4v) is 4.67. The van der Waals surface area contributed by atoms with Crippen molar-refractivity contribution in [3.8, 4) is 11.5 Å². The number of ketones is 1. The van der Waals surface area contributed by atoms with E-state index in [1.165, 1.54) is 6.42 Å². The fourth-order valence-electron chi connectivity index (χ4n) is 4.67. The van der Waals surface area contributed by atoms with Crippen molar-refractivity contribution in [2.24, 2.45) is 7.05 Å². The number of para-hydroxylation sites is 1. The topological polar surface area (TPSA) is 54.7 Å². The molecule has 5 heteroatoms. The van der Waals surface area contributed by atoms with Crippen LogP contribution in [0.2, 0.25) is 0 Å². The molecule has 2 aliphatic heterocycles. The van der Waals surface area contributed by atoms with Crippen molar-refractivity contribution in [3.63, 3.8) is 0 Å². The minimum atomic E-state index is -0.133. The Balaban J connectivity index is 1.52. The Bertz CT molecular complexity index is 1170. The molecule has 0 amide bonds. The number of nitrogens with zero attached hydrogens (tertiary/aromatic N) is 2. The van der Waals surface area contributed by atoms with E-state index in [2.05, 4.69) is 17.9 Å². The molecule has 1 aromatic heterocycles. The molecule has 0 bridgehead atoms. The van der Waals surface area contributed by atoms with Gasteiger partial charge in [0.2, 0.25) is 5.78 Å². The monoisotopic (exact) mass is 402 g/mol. The number of aromatic hydroxyl groups is 1. The van der Waals surface area contributed by atoms with Crippen LogP contribution in [-0.4, -0.2) is 32.9 Å². The molecule has 0 saturated carbocycles. The molecule has 0 unspecified atom stereocenters. The van der Waals surface area contributed by atoms with E-state index >= 15 is 0 Å². The summed E-state index contributed by atoms with van der Waals surface area (Å²) in [6, 6.07) is 11.8. The van der Waals surface area contributed by atoms with Gasteiger partial charge < -0.3 is 14.4 Å². The Morgan fingerprint density at radius 1 is 1.20 bits per heavy atom. The molecular formula is C25H26N2O3. The average Bonchev–Trinajstić information content (AvgIpc) is 3.23. The zero-order valence-electron chi connectivity index (χ0n) is 17.4. The van der Waals surface area contributed by atoms with Crippen LogP contribution < -0.4 is 4.74 Å². The van der Waals surface area contributed by atoms with Gasteiger partial charge in [-0.25, -0.2) is 0 Å². The normalized spacial score (nSPS) is 20.7. The number of rotatable bonds is 3. The number of aryl methyl sites for hydroxylation is 1. The molecule has 1 saturated heterocycles. The number of aromatic nitrogens is 1. The zero-order chi connectivity index (χ0) is 20.8. The second-order valence-electron chi connectivity index (χ2n) is 8.41. The fraction of sp³-hybridized carbons (Fsp3) is 0.320. The van der Waals surface area contributed by atoms with Gasteiger partial charge in [0.15, 0.2) is 5.76 Å². The second kappa shape index (κ2) is 7.33. The van der Waals surface area contributed by atoms with Crippen LogP contribution in [0.3, 0.4) is 0 Å². The summed E-state index contributed by atoms with van der Waals surface area (Å²) in [5.74, 6) is 0.862. The lowest BCUT2D eigenvalue weighted by atomic mass is 10.0. The van der Waals surface area contributed by atoms with Crippen molar-refractivity contribution < 1.29 is 14.6 Å². The average molecular weight is 402 g/mol. The van der Waals surface area contributed by atoms with Gasteiger partial charge in [0, 0.05) is 42.3 Å². The molecule has 1 fully saturated rings. The lowest BCUT2D eigenvalue weighted by Crippen LogP contribution is -2.36. The predicted octanol–water partition coefficient (Wildman–Crippen LogP) is 4.87. The molecule has 3 aromatic rings. The van der Waals surface area contributed by atoms with Gasteiger partial charge in [0.1, 0.15) is 11.5 Å². The molecule has 5 nitrogen and oxygen atoms in total. The third kappa shape index (κ3) is 3.10. The maximum atomic E-state index is 13.1. The molecule has 1 N–H and O–H groups in total. The summed E-state index contributed by atoms with van der Waals surface area (Å²) in [6.07, 6.45) is 7.37. The Morgan fingerprint density at radius 3 is 2.87 bits per heavy atom. The highest BCUT2D eigenvalue weighted by molar-refractivity contribution is 6.15. The third-order valence-corrected chi connectivity index (χ3v) is 6.43. The van der Waals surface area contributed by atoms with Crippen molar-refractivity contribution in [2.75, 3.05) is 6.54 Å². The van der Waals surface area contributed by atoms with E-state index in [1.807, 2.05) is 42.1 Å². The first-order chi connectivity index (χ1) is 14.5. The number of phenolic OH excluding ortho intramolecular Hbond substituents is 1. The summed E-state index contributed by atoms with van der Waals surface area (Å²) >= 11 is 0. The van der Waals surface area contributed by atoms with Crippen LogP contribution in [0.25, 0.3) is 17.0 Å². The van der Waals surface area contributed by atoms with Crippen LogP contribution in [0.5, 0.6) is 11.5 Å². The quantitative estimate of drug-likeness (QED) is 0.635. The van der Waals surface area contributed by atoms with Crippen molar-refractivity contribution in [3.05, 3.63) is 65.0 Å². The highest BCUT2D eigenvalue weighted by Crippen LogP contribution is 2.41. The number of piperidine rings is 1. The van der Waals surface area contributed by atoms with E-state index in [-0.39, 0.29) is 11.5 Å². The van der Waals surface area contributed by atoms with E-state index in [4.69, 9.17) is 4.74 Å². The van der Waals surface area contributed by atoms with E-state index in [1.54, 1.807) is 12.1 Å². The standard InChI is InChI=1S/C25H26N2O3/c1-16-7-5-6-12-27(16)15-20-22(28)11-10-19-24(29)23(30-25(19)20)13-17-14-26(2)21-9-4-3-8-18(17)21/h3-4,8-11,13-14,16,28H,5-7,12,15H2,1-2H3/t16-/m0/s1. The Hall–Kier alpha value is -3.05. The highest BCUT2D eigenvalue weighted by Gasteiger charge is 2.32. The minimum absolute atomic E-state index is 0.133. The predicted molar refractivity (Wildman–Crippen MR) is 118 cm³/mol. The van der Waals surface area contributed by atoms with Crippen LogP contribution >= 0.6 is 0 Å². The summed E-state index contributed by atoms with van der Waals surface area (Å²) in [7, 11) is 1.99. The Kier molecular flexibility index (Phi) is 4.63. The number of carbonyl (C=O) groups is 1. The first-order valence-electron chi connectivity index (χ1n) is 10.6. The van der Waals surface area contributed by atoms with Crippen molar-refractivity contribution in [1.82, 2.24) is 9.47 Å². The summed E-state index contributed by atoms with van der Waals surface area (Å²) in [5, 5.41) is 11.6. The Labute approximate surface area is 176 Å². The van der Waals surface area contributed by atoms with Gasteiger partial charge in [-0.2, -0.15) is 0 Å². The summed E-state index contributed by atoms with van der Waals surface area (Å²) in [6.45, 7) is 3.80. The van der Waals surface area contributed by atoms with Crippen LogP contribution in [0.4, 0.5) is 0 Å². The van der Waals surface area contributed by atoms with Gasteiger partial charge in [0.05, 0.1) is 11.1 Å². The maximum Gasteiger partial charge on any atom is 0.231 e. The van der Waals surface area contributed by atoms with Gasteiger partial charge in [-0.05, 0) is 50.6 Å². The number of likely N-dealkylation sites (tertiary alicyclic amines) is 1. The second-order valence-corrected chi connectivity index (χ2v) is 8.41. The van der Waals surface area contributed by atoms with Crippen LogP contribution in [0, 0.1) is 0 Å². The van der Waals surface area contributed by atoms with E-state index < -0.39 is 0 Å². The number of hydrogen-bond acceptors (Lipinski definition) is 4. The smallest absolute Gasteiger partial charge is 0.231 e. The lowest BCUT2D eigenvalue weighted by molar-refractivity contribution is 0.101. The lowest BCUT2D eigenvalue weighted by Gasteiger charge is -2.33. The molecule has 1 atom stereocenters.